The molecule has 2 aromatic heterocycles. The Morgan fingerprint density at radius 3 is 2.21 bits per heavy atom. The maximum atomic E-state index is 14.4. The second kappa shape index (κ2) is 27.9. The number of carbonyl (C=O) groups is 5. The molecule has 8 rings (SSSR count). The van der Waals surface area contributed by atoms with Gasteiger partial charge in [0.25, 0.3) is 0 Å². The van der Waals surface area contributed by atoms with Crippen LogP contribution in [-0.4, -0.2) is 149 Å². The first-order valence-corrected chi connectivity index (χ1v) is 28.1. The van der Waals surface area contributed by atoms with Crippen molar-refractivity contribution in [1.82, 2.24) is 45.9 Å². The van der Waals surface area contributed by atoms with Gasteiger partial charge in [0.2, 0.25) is 29.5 Å². The van der Waals surface area contributed by atoms with Crippen LogP contribution in [0.15, 0.2) is 108 Å². The second-order valence-corrected chi connectivity index (χ2v) is 22.1. The van der Waals surface area contributed by atoms with Crippen molar-refractivity contribution in [3.8, 4) is 21.9 Å². The Kier molecular flexibility index (Phi) is 20.5. The Morgan fingerprint density at radius 2 is 1.52 bits per heavy atom. The van der Waals surface area contributed by atoms with E-state index in [1.54, 1.807) is 56.9 Å². The monoisotopic (exact) mass is 1140 g/mol. The van der Waals surface area contributed by atoms with Gasteiger partial charge in [-0.15, -0.1) is 21.5 Å². The zero-order chi connectivity index (χ0) is 57.6. The number of nitrogens with one attached hydrogen (secondary N) is 4. The molecule has 20 nitrogen and oxygen atoms in total. The third kappa shape index (κ3) is 15.7. The summed E-state index contributed by atoms with van der Waals surface area (Å²) in [5.41, 5.74) is 7.63. The molecule has 1 unspecified atom stereocenters. The number of hydrogen-bond donors (Lipinski definition) is 5. The van der Waals surface area contributed by atoms with E-state index in [1.165, 1.54) is 4.90 Å². The van der Waals surface area contributed by atoms with Crippen molar-refractivity contribution >= 4 is 58.2 Å². The highest BCUT2D eigenvalue weighted by Crippen LogP contribution is 2.35. The highest BCUT2D eigenvalue weighted by Gasteiger charge is 2.45. The first-order chi connectivity index (χ1) is 39.0. The van der Waals surface area contributed by atoms with Gasteiger partial charge in [-0.05, 0) is 66.3 Å². The van der Waals surface area contributed by atoms with Crippen LogP contribution in [0.2, 0.25) is 5.02 Å². The number of fused-ring (bicyclic) bond motifs is 3. The summed E-state index contributed by atoms with van der Waals surface area (Å²) in [4.78, 5) is 80.8. The van der Waals surface area contributed by atoms with Gasteiger partial charge in [-0.1, -0.05) is 99.1 Å². The van der Waals surface area contributed by atoms with Gasteiger partial charge in [0.1, 0.15) is 42.3 Å². The van der Waals surface area contributed by atoms with Crippen molar-refractivity contribution in [2.24, 2.45) is 10.4 Å². The Balaban J connectivity index is 0.767. The second-order valence-electron chi connectivity index (χ2n) is 20.9. The van der Waals surface area contributed by atoms with Crippen LogP contribution in [0.5, 0.6) is 5.75 Å². The number of methoxy groups -OCH3 is 1. The maximum Gasteiger partial charge on any atom is 0.246 e. The van der Waals surface area contributed by atoms with Crippen LogP contribution in [0, 0.1) is 19.3 Å². The molecule has 0 aliphatic carbocycles. The van der Waals surface area contributed by atoms with Crippen molar-refractivity contribution < 1.29 is 48.0 Å². The Morgan fingerprint density at radius 1 is 0.815 bits per heavy atom. The van der Waals surface area contributed by atoms with Crippen LogP contribution in [0.4, 0.5) is 0 Å². The van der Waals surface area contributed by atoms with Crippen molar-refractivity contribution in [1.29, 1.82) is 0 Å². The van der Waals surface area contributed by atoms with Crippen molar-refractivity contribution in [2.45, 2.75) is 90.7 Å². The van der Waals surface area contributed by atoms with E-state index in [9.17, 15) is 29.1 Å². The normalized spacial score (nSPS) is 16.5. The largest absolute Gasteiger partial charge is 0.497 e. The van der Waals surface area contributed by atoms with Crippen LogP contribution in [0.1, 0.15) is 79.3 Å². The number of hydrogen-bond acceptors (Lipinski definition) is 15. The number of aromatic nitrogens is 4. The third-order valence-electron chi connectivity index (χ3n) is 13.8. The lowest BCUT2D eigenvalue weighted by atomic mass is 9.85. The summed E-state index contributed by atoms with van der Waals surface area (Å²) in [6.45, 7) is 10.1. The lowest BCUT2D eigenvalue weighted by molar-refractivity contribution is -0.144. The SMILES string of the molecule is COc1ccc2c(c1)C(c1ccc(Cl)cc1)=NC(CC(=O)NCCOCCOCCOCC(=O)N[C@@H](Cc1ccccc1)C(=O)N[C@H](C(=O)N1C[C@H](O)C[C@H]1C(=O)NCc1ccc(-c3scnc3C)cc1)C(C)(C)C)c1nnc(C)n1-2. The van der Waals surface area contributed by atoms with E-state index in [-0.39, 0.29) is 84.4 Å². The van der Waals surface area contributed by atoms with Gasteiger partial charge in [-0.25, -0.2) is 4.98 Å². The van der Waals surface area contributed by atoms with Crippen molar-refractivity contribution in [3.05, 3.63) is 147 Å². The molecule has 4 heterocycles. The average molecular weight is 1150 g/mol. The smallest absolute Gasteiger partial charge is 0.246 e. The number of β-amino-alcohol motifs (C(OH)–C–C–N with tert-alkyl or cyclic N) is 1. The minimum absolute atomic E-state index is 0.00268. The predicted molar refractivity (Wildman–Crippen MR) is 306 cm³/mol. The van der Waals surface area contributed by atoms with E-state index >= 15 is 0 Å². The molecule has 0 radical (unpaired) electrons. The number of aliphatic hydroxyl groups excluding tert-OH is 1. The first-order valence-electron chi connectivity index (χ1n) is 26.8. The Hall–Kier alpha value is -7.40. The van der Waals surface area contributed by atoms with Crippen LogP contribution >= 0.6 is 22.9 Å². The minimum Gasteiger partial charge on any atom is -0.497 e. The molecule has 2 aliphatic rings. The molecule has 81 heavy (non-hydrogen) atoms. The zero-order valence-electron chi connectivity index (χ0n) is 46.3. The predicted octanol–water partition coefficient (Wildman–Crippen LogP) is 5.65. The van der Waals surface area contributed by atoms with Crippen LogP contribution < -0.4 is 26.0 Å². The number of amides is 5. The number of halogens is 1. The van der Waals surface area contributed by atoms with E-state index in [2.05, 4.69) is 36.4 Å². The molecule has 22 heteroatoms. The summed E-state index contributed by atoms with van der Waals surface area (Å²) >= 11 is 7.79. The third-order valence-corrected chi connectivity index (χ3v) is 15.0. The van der Waals surface area contributed by atoms with Crippen LogP contribution in [0.3, 0.4) is 0 Å². The molecule has 1 fully saturated rings. The molecule has 0 bridgehead atoms. The number of nitrogens with zero attached hydrogens (tertiary/aromatic N) is 6. The fourth-order valence-corrected chi connectivity index (χ4v) is 10.5. The number of ether oxygens (including phenoxy) is 4. The lowest BCUT2D eigenvalue weighted by Crippen LogP contribution is -2.60. The summed E-state index contributed by atoms with van der Waals surface area (Å²) in [7, 11) is 1.60. The van der Waals surface area contributed by atoms with Crippen LogP contribution in [0.25, 0.3) is 16.1 Å². The molecule has 0 saturated carbocycles. The number of thiazole rings is 1. The zero-order valence-corrected chi connectivity index (χ0v) is 47.9. The number of rotatable bonds is 25. The summed E-state index contributed by atoms with van der Waals surface area (Å²) in [6.07, 6.45) is -0.794. The van der Waals surface area contributed by atoms with Gasteiger partial charge in [0, 0.05) is 48.6 Å². The summed E-state index contributed by atoms with van der Waals surface area (Å²) in [5, 5.41) is 31.6. The van der Waals surface area contributed by atoms with Gasteiger partial charge in [0.15, 0.2) is 5.82 Å². The molecule has 428 valence electrons. The molecule has 0 spiro atoms. The fourth-order valence-electron chi connectivity index (χ4n) is 9.61. The minimum atomic E-state index is -1.12. The molecule has 5 amide bonds. The van der Waals surface area contributed by atoms with E-state index in [0.29, 0.717) is 28.1 Å². The van der Waals surface area contributed by atoms with Gasteiger partial charge in [-0.2, -0.15) is 0 Å². The van der Waals surface area contributed by atoms with Gasteiger partial charge in [0.05, 0.1) is 80.1 Å². The standard InChI is InChI=1S/C59H69ClN10O10S/c1-36-53(81-35-63-36)41-14-12-39(13-15-41)32-62-57(75)49-29-43(71)33-69(49)58(76)54(59(3,4)5)66-56(74)47(28-38-10-8-7-9-11-38)64-51(73)34-80-27-26-79-25-24-78-23-22-61-50(72)31-46-55-68-67-37(2)70(55)48-21-20-44(77-6)30-45(48)52(65-46)40-16-18-42(60)19-17-40/h7-21,30,35,43,46-47,49,54,71H,22-29,31-34H2,1-6H3,(H,61,72)(H,62,75)(H,64,73)(H,66,74)/t43-,46?,47+,49+,54-/m1/s1. The molecule has 1 saturated heterocycles. The Labute approximate surface area is 480 Å². The summed E-state index contributed by atoms with van der Waals surface area (Å²) < 4.78 is 24.4. The Bertz CT molecular complexity index is 3170. The van der Waals surface area contributed by atoms with E-state index in [1.807, 2.05) is 103 Å². The number of aryl methyl sites for hydroxylation is 2. The first kappa shape index (κ1) is 59.7. The van der Waals surface area contributed by atoms with Gasteiger partial charge in [-0.3, -0.25) is 33.5 Å². The van der Waals surface area contributed by atoms with E-state index in [0.717, 1.165) is 44.1 Å². The lowest BCUT2D eigenvalue weighted by Gasteiger charge is -2.36. The average Bonchev–Trinajstić information content (AvgIpc) is 4.20. The summed E-state index contributed by atoms with van der Waals surface area (Å²) in [6, 6.07) is 26.1. The molecule has 4 aromatic carbocycles. The maximum absolute atomic E-state index is 14.4. The van der Waals surface area contributed by atoms with Crippen molar-refractivity contribution in [2.75, 3.05) is 59.8 Å². The number of benzene rings is 4. The highest BCUT2D eigenvalue weighted by molar-refractivity contribution is 7.13. The van der Waals surface area contributed by atoms with Gasteiger partial charge >= 0.3 is 0 Å². The molecular weight excluding hydrogens is 1080 g/mol. The fraction of sp³-hybridized carbons (Fsp3) is 0.407. The molecule has 5 atom stereocenters. The molecular formula is C59H69ClN10O10S. The van der Waals surface area contributed by atoms with E-state index in [4.69, 9.17) is 35.5 Å². The molecule has 5 N–H and O–H groups in total. The quantitative estimate of drug-likeness (QED) is 0.0435. The van der Waals surface area contributed by atoms with E-state index < -0.39 is 59.3 Å². The number of likely N-dealkylation sites (tertiary alicyclic amines) is 1. The molecule has 2 aliphatic heterocycles. The van der Waals surface area contributed by atoms with Crippen LogP contribution in [-0.2, 0) is 51.1 Å². The number of aliphatic hydroxyl groups is 1. The van der Waals surface area contributed by atoms with Gasteiger partial charge < -0.3 is 50.2 Å². The molecule has 6 aromatic rings. The topological polar surface area (TPSA) is 250 Å². The highest BCUT2D eigenvalue weighted by atomic mass is 35.5. The number of aliphatic imine (C=N–C) groups is 1. The summed E-state index contributed by atoms with van der Waals surface area (Å²) in [5.74, 6) is -0.539. The number of carbonyl (C=O) groups excluding carboxylic acids is 5. The van der Waals surface area contributed by atoms with Crippen molar-refractivity contribution in [3.63, 3.8) is 0 Å².